The van der Waals surface area contributed by atoms with Crippen molar-refractivity contribution in [2.75, 3.05) is 52.9 Å². The van der Waals surface area contributed by atoms with E-state index in [9.17, 15) is 14.4 Å². The van der Waals surface area contributed by atoms with E-state index in [0.29, 0.717) is 13.1 Å². The Balaban J connectivity index is 2.26. The lowest BCUT2D eigenvalue weighted by atomic mass is 10.3. The monoisotopic (exact) mass is 297 g/mol. The van der Waals surface area contributed by atoms with E-state index in [1.165, 1.54) is 6.08 Å². The number of piperazine rings is 1. The summed E-state index contributed by atoms with van der Waals surface area (Å²) in [4.78, 5) is 38.2. The lowest BCUT2D eigenvalue weighted by molar-refractivity contribution is -0.133. The number of nitrogens with zero attached hydrogens (tertiary/aromatic N) is 2. The predicted octanol–water partition coefficient (Wildman–Crippen LogP) is -1.64. The van der Waals surface area contributed by atoms with Crippen molar-refractivity contribution in [1.82, 2.24) is 25.8 Å². The molecular formula is C13H23N5O3. The second kappa shape index (κ2) is 9.09. The van der Waals surface area contributed by atoms with Gasteiger partial charge in [0.05, 0.1) is 13.1 Å². The maximum absolute atomic E-state index is 12.0. The van der Waals surface area contributed by atoms with Crippen molar-refractivity contribution < 1.29 is 14.4 Å². The van der Waals surface area contributed by atoms with Crippen LogP contribution in [0.3, 0.4) is 0 Å². The van der Waals surface area contributed by atoms with Crippen LogP contribution >= 0.6 is 0 Å². The van der Waals surface area contributed by atoms with E-state index in [0.717, 1.165) is 13.1 Å². The second-order valence-electron chi connectivity index (χ2n) is 4.85. The summed E-state index contributed by atoms with van der Waals surface area (Å²) in [6.45, 7) is 6.83. The van der Waals surface area contributed by atoms with Crippen LogP contribution < -0.4 is 16.0 Å². The number of hydrogen-bond acceptors (Lipinski definition) is 5. The summed E-state index contributed by atoms with van der Waals surface area (Å²) in [7, 11) is 1.67. The number of nitrogens with one attached hydrogen (secondary N) is 3. The van der Waals surface area contributed by atoms with Crippen molar-refractivity contribution in [3.05, 3.63) is 12.7 Å². The van der Waals surface area contributed by atoms with Gasteiger partial charge in [-0.25, -0.2) is 4.79 Å². The molecular weight excluding hydrogens is 274 g/mol. The summed E-state index contributed by atoms with van der Waals surface area (Å²) >= 11 is 0. The number of rotatable bonds is 6. The fraction of sp³-hybridized carbons (Fsp3) is 0.615. The number of imide groups is 1. The van der Waals surface area contributed by atoms with Gasteiger partial charge in [-0.15, -0.1) is 6.58 Å². The first-order valence-corrected chi connectivity index (χ1v) is 6.88. The standard InChI is InChI=1S/C13H23N5O3/c1-3-4-15-13(21)16-11(19)9-17(2)10-12(20)18-7-5-14-6-8-18/h3,14H,1,4-10H2,2H3,(H2,15,16,19,21). The number of likely N-dealkylation sites (N-methyl/N-ethyl adjacent to an activating group) is 1. The number of urea groups is 1. The average Bonchev–Trinajstić information content (AvgIpc) is 2.45. The van der Waals surface area contributed by atoms with Crippen molar-refractivity contribution in [1.29, 1.82) is 0 Å². The third-order valence-corrected chi connectivity index (χ3v) is 2.95. The van der Waals surface area contributed by atoms with Crippen LogP contribution in [-0.2, 0) is 9.59 Å². The molecule has 1 fully saturated rings. The van der Waals surface area contributed by atoms with Crippen molar-refractivity contribution in [3.63, 3.8) is 0 Å². The number of carbonyl (C=O) groups excluding carboxylic acids is 3. The van der Waals surface area contributed by atoms with E-state index in [2.05, 4.69) is 22.5 Å². The highest BCUT2D eigenvalue weighted by atomic mass is 16.2. The maximum Gasteiger partial charge on any atom is 0.321 e. The number of hydrogen-bond donors (Lipinski definition) is 3. The molecule has 0 aromatic rings. The van der Waals surface area contributed by atoms with E-state index in [1.807, 2.05) is 0 Å². The smallest absolute Gasteiger partial charge is 0.321 e. The molecule has 8 nitrogen and oxygen atoms in total. The molecule has 0 saturated carbocycles. The highest BCUT2D eigenvalue weighted by Gasteiger charge is 2.19. The van der Waals surface area contributed by atoms with E-state index in [1.54, 1.807) is 16.8 Å². The first kappa shape index (κ1) is 17.1. The van der Waals surface area contributed by atoms with Crippen LogP contribution in [0.25, 0.3) is 0 Å². The Morgan fingerprint density at radius 2 is 1.95 bits per heavy atom. The van der Waals surface area contributed by atoms with Gasteiger partial charge in [0.2, 0.25) is 11.8 Å². The minimum Gasteiger partial charge on any atom is -0.339 e. The molecule has 3 N–H and O–H groups in total. The molecule has 0 radical (unpaired) electrons. The topological polar surface area (TPSA) is 93.8 Å². The molecule has 118 valence electrons. The lowest BCUT2D eigenvalue weighted by Gasteiger charge is -2.29. The summed E-state index contributed by atoms with van der Waals surface area (Å²) in [5.74, 6) is -0.463. The minimum atomic E-state index is -0.568. The molecule has 1 heterocycles. The van der Waals surface area contributed by atoms with Gasteiger partial charge >= 0.3 is 6.03 Å². The summed E-state index contributed by atoms with van der Waals surface area (Å²) in [5.41, 5.74) is 0. The Morgan fingerprint density at radius 1 is 1.29 bits per heavy atom. The van der Waals surface area contributed by atoms with Crippen LogP contribution in [0, 0.1) is 0 Å². The van der Waals surface area contributed by atoms with Gasteiger partial charge in [0.1, 0.15) is 0 Å². The Bertz CT molecular complexity index is 393. The first-order valence-electron chi connectivity index (χ1n) is 6.88. The van der Waals surface area contributed by atoms with Crippen molar-refractivity contribution >= 4 is 17.8 Å². The molecule has 8 heteroatoms. The Kier molecular flexibility index (Phi) is 7.41. The normalized spacial score (nSPS) is 14.7. The molecule has 0 aliphatic carbocycles. The van der Waals surface area contributed by atoms with Crippen LogP contribution in [0.2, 0.25) is 0 Å². The van der Waals surface area contributed by atoms with E-state index >= 15 is 0 Å². The van der Waals surface area contributed by atoms with Crippen LogP contribution in [-0.4, -0.2) is 80.5 Å². The Morgan fingerprint density at radius 3 is 2.57 bits per heavy atom. The fourth-order valence-corrected chi connectivity index (χ4v) is 1.92. The zero-order valence-corrected chi connectivity index (χ0v) is 12.4. The van der Waals surface area contributed by atoms with Gasteiger partial charge in [0, 0.05) is 32.7 Å². The van der Waals surface area contributed by atoms with Crippen LogP contribution in [0.4, 0.5) is 4.79 Å². The van der Waals surface area contributed by atoms with Gasteiger partial charge in [-0.3, -0.25) is 19.8 Å². The third-order valence-electron chi connectivity index (χ3n) is 2.95. The van der Waals surface area contributed by atoms with Crippen molar-refractivity contribution in [2.45, 2.75) is 0 Å². The molecule has 0 unspecified atom stereocenters. The van der Waals surface area contributed by atoms with Crippen LogP contribution in [0.5, 0.6) is 0 Å². The zero-order chi connectivity index (χ0) is 15.7. The van der Waals surface area contributed by atoms with E-state index < -0.39 is 11.9 Å². The van der Waals surface area contributed by atoms with Crippen LogP contribution in [0.15, 0.2) is 12.7 Å². The summed E-state index contributed by atoms with van der Waals surface area (Å²) < 4.78 is 0. The highest BCUT2D eigenvalue weighted by Crippen LogP contribution is 1.95. The highest BCUT2D eigenvalue weighted by molar-refractivity contribution is 5.95. The molecule has 21 heavy (non-hydrogen) atoms. The molecule has 0 atom stereocenters. The van der Waals surface area contributed by atoms with Gasteiger partial charge < -0.3 is 15.5 Å². The maximum atomic E-state index is 12.0. The molecule has 4 amide bonds. The van der Waals surface area contributed by atoms with E-state index in [-0.39, 0.29) is 25.5 Å². The molecule has 0 aromatic heterocycles. The van der Waals surface area contributed by atoms with Gasteiger partial charge in [0.15, 0.2) is 0 Å². The molecule has 0 spiro atoms. The fourth-order valence-electron chi connectivity index (χ4n) is 1.92. The van der Waals surface area contributed by atoms with Crippen molar-refractivity contribution in [2.24, 2.45) is 0 Å². The minimum absolute atomic E-state index is 0.0112. The zero-order valence-electron chi connectivity index (χ0n) is 12.4. The molecule has 0 bridgehead atoms. The van der Waals surface area contributed by atoms with Crippen LogP contribution in [0.1, 0.15) is 0 Å². The molecule has 1 aliphatic heterocycles. The lowest BCUT2D eigenvalue weighted by Crippen LogP contribution is -2.50. The van der Waals surface area contributed by atoms with Gasteiger partial charge in [-0.2, -0.15) is 0 Å². The van der Waals surface area contributed by atoms with E-state index in [4.69, 9.17) is 0 Å². The number of carbonyl (C=O) groups is 3. The summed E-state index contributed by atoms with van der Waals surface area (Å²) in [6, 6.07) is -0.568. The second-order valence-corrected chi connectivity index (χ2v) is 4.85. The van der Waals surface area contributed by atoms with Gasteiger partial charge in [-0.05, 0) is 7.05 Å². The Hall–Kier alpha value is -1.93. The number of amides is 4. The third kappa shape index (κ3) is 6.87. The Labute approximate surface area is 124 Å². The quantitative estimate of drug-likeness (QED) is 0.511. The molecule has 1 aliphatic rings. The largest absolute Gasteiger partial charge is 0.339 e. The van der Waals surface area contributed by atoms with Gasteiger partial charge in [0.25, 0.3) is 0 Å². The molecule has 0 aromatic carbocycles. The molecule has 1 rings (SSSR count). The molecule has 1 saturated heterocycles. The summed E-state index contributed by atoms with van der Waals surface area (Å²) in [6.07, 6.45) is 1.52. The SMILES string of the molecule is C=CCNC(=O)NC(=O)CN(C)CC(=O)N1CCNCC1. The van der Waals surface area contributed by atoms with Gasteiger partial charge in [-0.1, -0.05) is 6.08 Å². The first-order chi connectivity index (χ1) is 10.0. The summed E-state index contributed by atoms with van der Waals surface area (Å²) in [5, 5.41) is 7.79. The van der Waals surface area contributed by atoms with Crippen molar-refractivity contribution in [3.8, 4) is 0 Å². The predicted molar refractivity (Wildman–Crippen MR) is 78.7 cm³/mol. The average molecular weight is 297 g/mol.